The summed E-state index contributed by atoms with van der Waals surface area (Å²) in [6, 6.07) is 0. The highest BCUT2D eigenvalue weighted by atomic mass is 16.2. The SMILES string of the molecule is CC.CC.CC.CC(=O)CCN1C(=O)CC(C)C1=O. The fraction of sp³-hybridized carbons (Fsp3) is 0.800. The minimum Gasteiger partial charge on any atom is -0.300 e. The monoisotopic (exact) mass is 273 g/mol. The molecule has 19 heavy (non-hydrogen) atoms. The van der Waals surface area contributed by atoms with E-state index in [1.165, 1.54) is 11.8 Å². The van der Waals surface area contributed by atoms with E-state index < -0.39 is 0 Å². The van der Waals surface area contributed by atoms with Crippen LogP contribution in [0.4, 0.5) is 0 Å². The number of hydrogen-bond acceptors (Lipinski definition) is 3. The number of rotatable bonds is 3. The maximum absolute atomic E-state index is 11.3. The molecule has 4 nitrogen and oxygen atoms in total. The number of likely N-dealkylation sites (tertiary alicyclic amines) is 1. The van der Waals surface area contributed by atoms with Gasteiger partial charge in [-0.2, -0.15) is 0 Å². The molecule has 0 bridgehead atoms. The maximum Gasteiger partial charge on any atom is 0.232 e. The van der Waals surface area contributed by atoms with Crippen LogP contribution in [-0.4, -0.2) is 29.0 Å². The second-order valence-corrected chi connectivity index (χ2v) is 3.44. The van der Waals surface area contributed by atoms with Crippen LogP contribution in [0.25, 0.3) is 0 Å². The van der Waals surface area contributed by atoms with Crippen molar-refractivity contribution >= 4 is 17.6 Å². The molecule has 2 amide bonds. The van der Waals surface area contributed by atoms with Crippen molar-refractivity contribution in [2.45, 2.75) is 68.2 Å². The fourth-order valence-corrected chi connectivity index (χ4v) is 1.35. The first-order chi connectivity index (χ1) is 9.02. The molecule has 1 aliphatic rings. The lowest BCUT2D eigenvalue weighted by atomic mass is 10.1. The molecule has 0 aliphatic carbocycles. The highest BCUT2D eigenvalue weighted by Gasteiger charge is 2.34. The zero-order valence-corrected chi connectivity index (χ0v) is 13.9. The van der Waals surface area contributed by atoms with Crippen LogP contribution < -0.4 is 0 Å². The van der Waals surface area contributed by atoms with Crippen molar-refractivity contribution in [3.8, 4) is 0 Å². The predicted octanol–water partition coefficient (Wildman–Crippen LogP) is 3.44. The summed E-state index contributed by atoms with van der Waals surface area (Å²) in [5.74, 6) is -0.510. The largest absolute Gasteiger partial charge is 0.300 e. The average Bonchev–Trinajstić information content (AvgIpc) is 2.68. The molecule has 1 aliphatic heterocycles. The summed E-state index contributed by atoms with van der Waals surface area (Å²) in [6.45, 7) is 15.4. The molecule has 1 atom stereocenters. The van der Waals surface area contributed by atoms with Crippen LogP contribution in [0, 0.1) is 5.92 Å². The highest BCUT2D eigenvalue weighted by molar-refractivity contribution is 6.03. The molecule has 0 aromatic rings. The van der Waals surface area contributed by atoms with E-state index in [0.717, 1.165) is 0 Å². The van der Waals surface area contributed by atoms with Gasteiger partial charge in [-0.15, -0.1) is 0 Å². The Hall–Kier alpha value is -1.19. The number of nitrogens with zero attached hydrogens (tertiary/aromatic N) is 1. The lowest BCUT2D eigenvalue weighted by molar-refractivity contribution is -0.139. The Morgan fingerprint density at radius 1 is 1.11 bits per heavy atom. The first-order valence-electron chi connectivity index (χ1n) is 7.36. The highest BCUT2D eigenvalue weighted by Crippen LogP contribution is 2.18. The number of amides is 2. The molecule has 1 heterocycles. The number of Topliss-reactive ketones (excluding diaryl/α,β-unsaturated/α-hetero) is 1. The minimum absolute atomic E-state index is 0.000142. The molecule has 0 N–H and O–H groups in total. The van der Waals surface area contributed by atoms with Gasteiger partial charge in [0.05, 0.1) is 0 Å². The summed E-state index contributed by atoms with van der Waals surface area (Å²) >= 11 is 0. The van der Waals surface area contributed by atoms with Gasteiger partial charge in [-0.05, 0) is 6.92 Å². The Bertz CT molecular complexity index is 262. The van der Waals surface area contributed by atoms with Gasteiger partial charge in [0, 0.05) is 25.3 Å². The zero-order chi connectivity index (χ0) is 16.0. The van der Waals surface area contributed by atoms with Crippen LogP contribution in [0.3, 0.4) is 0 Å². The Morgan fingerprint density at radius 3 is 1.79 bits per heavy atom. The molecule has 0 spiro atoms. The topological polar surface area (TPSA) is 54.5 Å². The Morgan fingerprint density at radius 2 is 1.53 bits per heavy atom. The van der Waals surface area contributed by atoms with Gasteiger partial charge in [-0.1, -0.05) is 48.5 Å². The first-order valence-corrected chi connectivity index (χ1v) is 7.36. The smallest absolute Gasteiger partial charge is 0.232 e. The Balaban J connectivity index is -0.000000375. The summed E-state index contributed by atoms with van der Waals surface area (Å²) in [5, 5.41) is 0. The van der Waals surface area contributed by atoms with Crippen LogP contribution in [0.15, 0.2) is 0 Å². The second-order valence-electron chi connectivity index (χ2n) is 3.44. The lowest BCUT2D eigenvalue weighted by Gasteiger charge is -2.12. The summed E-state index contributed by atoms with van der Waals surface area (Å²) in [6.07, 6.45) is 0.556. The molecular formula is C15H31NO3. The van der Waals surface area contributed by atoms with E-state index in [9.17, 15) is 14.4 Å². The Labute approximate surface area is 118 Å². The fourth-order valence-electron chi connectivity index (χ4n) is 1.35. The third kappa shape index (κ3) is 9.40. The molecule has 1 unspecified atom stereocenters. The van der Waals surface area contributed by atoms with E-state index in [0.29, 0.717) is 0 Å². The van der Waals surface area contributed by atoms with E-state index in [4.69, 9.17) is 0 Å². The van der Waals surface area contributed by atoms with Crippen LogP contribution in [0.5, 0.6) is 0 Å². The molecule has 114 valence electrons. The number of hydrogen-bond donors (Lipinski definition) is 0. The number of ketones is 1. The summed E-state index contributed by atoms with van der Waals surface area (Å²) in [7, 11) is 0. The normalized spacial score (nSPS) is 16.4. The van der Waals surface area contributed by atoms with E-state index in [-0.39, 0.29) is 42.9 Å². The van der Waals surface area contributed by atoms with Crippen molar-refractivity contribution in [1.29, 1.82) is 0 Å². The van der Waals surface area contributed by atoms with Crippen molar-refractivity contribution in [3.63, 3.8) is 0 Å². The van der Waals surface area contributed by atoms with Crippen LogP contribution in [-0.2, 0) is 14.4 Å². The zero-order valence-electron chi connectivity index (χ0n) is 13.9. The van der Waals surface area contributed by atoms with E-state index in [1.54, 1.807) is 6.92 Å². The van der Waals surface area contributed by atoms with Crippen molar-refractivity contribution < 1.29 is 14.4 Å². The van der Waals surface area contributed by atoms with Crippen LogP contribution in [0.2, 0.25) is 0 Å². The Kier molecular flexibility index (Phi) is 18.0. The number of carbonyl (C=O) groups excluding carboxylic acids is 3. The van der Waals surface area contributed by atoms with Gasteiger partial charge >= 0.3 is 0 Å². The van der Waals surface area contributed by atoms with Gasteiger partial charge in [-0.3, -0.25) is 19.3 Å². The summed E-state index contributed by atoms with van der Waals surface area (Å²) in [4.78, 5) is 34.4. The number of carbonyl (C=O) groups is 3. The lowest BCUT2D eigenvalue weighted by Crippen LogP contribution is -2.32. The average molecular weight is 273 g/mol. The molecule has 1 fully saturated rings. The third-order valence-corrected chi connectivity index (χ3v) is 2.16. The quantitative estimate of drug-likeness (QED) is 0.740. The van der Waals surface area contributed by atoms with Crippen LogP contribution >= 0.6 is 0 Å². The second kappa shape index (κ2) is 14.9. The molecule has 1 rings (SSSR count). The van der Waals surface area contributed by atoms with Crippen molar-refractivity contribution in [3.05, 3.63) is 0 Å². The van der Waals surface area contributed by atoms with E-state index in [1.807, 2.05) is 41.5 Å². The van der Waals surface area contributed by atoms with Crippen LogP contribution in [0.1, 0.15) is 68.2 Å². The first kappa shape index (κ1) is 22.9. The number of imide groups is 1. The minimum atomic E-state index is -0.209. The molecule has 0 aromatic carbocycles. The van der Waals surface area contributed by atoms with Crippen molar-refractivity contribution in [2.75, 3.05) is 6.54 Å². The summed E-state index contributed by atoms with van der Waals surface area (Å²) < 4.78 is 0. The predicted molar refractivity (Wildman–Crippen MR) is 79.8 cm³/mol. The van der Waals surface area contributed by atoms with Gasteiger partial charge in [0.2, 0.25) is 11.8 Å². The third-order valence-electron chi connectivity index (χ3n) is 2.16. The molecule has 0 aromatic heterocycles. The molecule has 4 heteroatoms. The molecule has 0 radical (unpaired) electrons. The van der Waals surface area contributed by atoms with Crippen molar-refractivity contribution in [1.82, 2.24) is 4.90 Å². The van der Waals surface area contributed by atoms with Gasteiger partial charge in [0.25, 0.3) is 0 Å². The summed E-state index contributed by atoms with van der Waals surface area (Å²) in [5.41, 5.74) is 0. The molecule has 0 saturated carbocycles. The van der Waals surface area contributed by atoms with Crippen molar-refractivity contribution in [2.24, 2.45) is 5.92 Å². The van der Waals surface area contributed by atoms with Gasteiger partial charge in [0.15, 0.2) is 0 Å². The molecule has 1 saturated heterocycles. The molecular weight excluding hydrogens is 242 g/mol. The standard InChI is InChI=1S/C9H13NO3.3C2H6/c1-6-5-8(12)10(9(6)13)4-3-7(2)11;3*1-2/h6H,3-5H2,1-2H3;3*1-2H3. The van der Waals surface area contributed by atoms with E-state index in [2.05, 4.69) is 0 Å². The van der Waals surface area contributed by atoms with Gasteiger partial charge < -0.3 is 0 Å². The van der Waals surface area contributed by atoms with E-state index >= 15 is 0 Å². The maximum atomic E-state index is 11.3. The van der Waals surface area contributed by atoms with Gasteiger partial charge in [-0.25, -0.2) is 0 Å². The van der Waals surface area contributed by atoms with Gasteiger partial charge in [0.1, 0.15) is 5.78 Å².